The summed E-state index contributed by atoms with van der Waals surface area (Å²) in [6.45, 7) is 4.20. The van der Waals surface area contributed by atoms with Gasteiger partial charge in [0.15, 0.2) is 0 Å². The van der Waals surface area contributed by atoms with Gasteiger partial charge in [0.05, 0.1) is 12.5 Å². The summed E-state index contributed by atoms with van der Waals surface area (Å²) in [5, 5.41) is 19.9. The Balaban J connectivity index is 1.59. The highest BCUT2D eigenvalue weighted by Crippen LogP contribution is 2.20. The number of aromatic nitrogens is 2. The maximum absolute atomic E-state index is 8.70. The molecular formula is C20H20N4O2. The van der Waals surface area contributed by atoms with Crippen LogP contribution in [0.25, 0.3) is 0 Å². The molecule has 0 bridgehead atoms. The molecule has 2 aromatic carbocycles. The van der Waals surface area contributed by atoms with Gasteiger partial charge in [0.25, 0.3) is 0 Å². The summed E-state index contributed by atoms with van der Waals surface area (Å²) < 4.78 is 11.3. The van der Waals surface area contributed by atoms with Crippen LogP contribution in [0.1, 0.15) is 35.9 Å². The third-order valence-corrected chi connectivity index (χ3v) is 3.83. The Labute approximate surface area is 152 Å². The number of rotatable bonds is 7. The minimum absolute atomic E-state index is 0.0833. The van der Waals surface area contributed by atoms with Crippen LogP contribution in [-0.4, -0.2) is 10.2 Å². The van der Waals surface area contributed by atoms with Gasteiger partial charge in [-0.25, -0.2) is 0 Å². The van der Waals surface area contributed by atoms with E-state index < -0.39 is 0 Å². The van der Waals surface area contributed by atoms with Crippen LogP contribution in [0.5, 0.6) is 5.75 Å². The highest BCUT2D eigenvalue weighted by atomic mass is 16.5. The first-order valence-electron chi connectivity index (χ1n) is 8.38. The van der Waals surface area contributed by atoms with Crippen LogP contribution in [0.4, 0.5) is 5.69 Å². The summed E-state index contributed by atoms with van der Waals surface area (Å²) >= 11 is 0. The Bertz CT molecular complexity index is 897. The molecule has 1 aromatic heterocycles. The number of hydrogen-bond donors (Lipinski definition) is 1. The number of hydrogen-bond acceptors (Lipinski definition) is 6. The third kappa shape index (κ3) is 4.61. The molecule has 3 rings (SSSR count). The summed E-state index contributed by atoms with van der Waals surface area (Å²) in [6.07, 6.45) is 0.408. The molecule has 0 amide bonds. The van der Waals surface area contributed by atoms with E-state index >= 15 is 0 Å². The lowest BCUT2D eigenvalue weighted by molar-refractivity contribution is 0.306. The molecule has 0 aliphatic heterocycles. The molecule has 1 N–H and O–H groups in total. The number of nitrogens with zero attached hydrogens (tertiary/aromatic N) is 3. The van der Waals surface area contributed by atoms with Crippen molar-refractivity contribution in [2.24, 2.45) is 0 Å². The summed E-state index contributed by atoms with van der Waals surface area (Å²) in [4.78, 5) is 0. The lowest BCUT2D eigenvalue weighted by Crippen LogP contribution is -2.07. The average Bonchev–Trinajstić information content (AvgIpc) is 3.08. The Morgan fingerprint density at radius 1 is 1.15 bits per heavy atom. The SMILES string of the molecule is Cc1nnc([C@@H](C)Nc2cccc(COc3ccc(CC#N)cc3)c2)o1. The van der Waals surface area contributed by atoms with E-state index in [0.717, 1.165) is 22.6 Å². The molecule has 0 aliphatic rings. The van der Waals surface area contributed by atoms with Gasteiger partial charge in [0.1, 0.15) is 18.4 Å². The van der Waals surface area contributed by atoms with Crippen molar-refractivity contribution >= 4 is 5.69 Å². The van der Waals surface area contributed by atoms with Crippen LogP contribution in [0.3, 0.4) is 0 Å². The molecule has 3 aromatic rings. The van der Waals surface area contributed by atoms with Crippen molar-refractivity contribution in [3.8, 4) is 11.8 Å². The number of benzene rings is 2. The number of anilines is 1. The quantitative estimate of drug-likeness (QED) is 0.689. The molecule has 0 radical (unpaired) electrons. The Morgan fingerprint density at radius 2 is 1.96 bits per heavy atom. The second kappa shape index (κ2) is 8.17. The van der Waals surface area contributed by atoms with E-state index in [4.69, 9.17) is 14.4 Å². The molecule has 0 fully saturated rings. The van der Waals surface area contributed by atoms with E-state index in [1.165, 1.54) is 0 Å². The largest absolute Gasteiger partial charge is 0.489 e. The monoisotopic (exact) mass is 348 g/mol. The maximum atomic E-state index is 8.70. The Hall–Kier alpha value is -3.33. The molecule has 0 aliphatic carbocycles. The standard InChI is InChI=1S/C20H20N4O2/c1-14(20-24-23-15(2)26-20)22-18-5-3-4-17(12-18)13-25-19-8-6-16(7-9-19)10-11-21/h3-9,12,14,22H,10,13H2,1-2H3/t14-/m1/s1. The lowest BCUT2D eigenvalue weighted by atomic mass is 10.1. The van der Waals surface area contributed by atoms with Gasteiger partial charge < -0.3 is 14.5 Å². The van der Waals surface area contributed by atoms with Crippen molar-refractivity contribution in [1.82, 2.24) is 10.2 Å². The second-order valence-corrected chi connectivity index (χ2v) is 5.99. The van der Waals surface area contributed by atoms with Crippen LogP contribution in [0.2, 0.25) is 0 Å². The van der Waals surface area contributed by atoms with Gasteiger partial charge in [0.2, 0.25) is 11.8 Å². The second-order valence-electron chi connectivity index (χ2n) is 5.99. The molecular weight excluding hydrogens is 328 g/mol. The molecule has 6 heteroatoms. The van der Waals surface area contributed by atoms with Crippen molar-refractivity contribution in [3.63, 3.8) is 0 Å². The van der Waals surface area contributed by atoms with Gasteiger partial charge >= 0.3 is 0 Å². The van der Waals surface area contributed by atoms with Gasteiger partial charge in [-0.3, -0.25) is 0 Å². The van der Waals surface area contributed by atoms with Gasteiger partial charge in [-0.05, 0) is 42.3 Å². The van der Waals surface area contributed by atoms with Crippen LogP contribution < -0.4 is 10.1 Å². The van der Waals surface area contributed by atoms with Crippen molar-refractivity contribution in [3.05, 3.63) is 71.4 Å². The highest BCUT2D eigenvalue weighted by Gasteiger charge is 2.12. The third-order valence-electron chi connectivity index (χ3n) is 3.83. The highest BCUT2D eigenvalue weighted by molar-refractivity contribution is 5.46. The van der Waals surface area contributed by atoms with Crippen LogP contribution in [0.15, 0.2) is 52.9 Å². The maximum Gasteiger partial charge on any atom is 0.238 e. The minimum atomic E-state index is -0.0833. The molecule has 6 nitrogen and oxygen atoms in total. The topological polar surface area (TPSA) is 84.0 Å². The van der Waals surface area contributed by atoms with E-state index in [1.54, 1.807) is 6.92 Å². The molecule has 1 heterocycles. The van der Waals surface area contributed by atoms with Crippen LogP contribution in [-0.2, 0) is 13.0 Å². The normalized spacial score (nSPS) is 11.6. The minimum Gasteiger partial charge on any atom is -0.489 e. The average molecular weight is 348 g/mol. The summed E-state index contributed by atoms with van der Waals surface area (Å²) in [5.41, 5.74) is 2.99. The Kier molecular flexibility index (Phi) is 5.49. The van der Waals surface area contributed by atoms with E-state index in [0.29, 0.717) is 24.8 Å². The molecule has 0 spiro atoms. The first-order chi connectivity index (χ1) is 12.6. The zero-order valence-corrected chi connectivity index (χ0v) is 14.8. The van der Waals surface area contributed by atoms with Crippen molar-refractivity contribution in [2.45, 2.75) is 32.9 Å². The van der Waals surface area contributed by atoms with E-state index in [1.807, 2.05) is 55.5 Å². The van der Waals surface area contributed by atoms with Crippen LogP contribution in [0, 0.1) is 18.3 Å². The van der Waals surface area contributed by atoms with Crippen LogP contribution >= 0.6 is 0 Å². The zero-order chi connectivity index (χ0) is 18.4. The van der Waals surface area contributed by atoms with Gasteiger partial charge in [0, 0.05) is 12.6 Å². The molecule has 0 saturated heterocycles. The first-order valence-corrected chi connectivity index (χ1v) is 8.38. The summed E-state index contributed by atoms with van der Waals surface area (Å²) in [7, 11) is 0. The Morgan fingerprint density at radius 3 is 2.65 bits per heavy atom. The fourth-order valence-electron chi connectivity index (χ4n) is 2.51. The fourth-order valence-corrected chi connectivity index (χ4v) is 2.51. The lowest BCUT2D eigenvalue weighted by Gasteiger charge is -2.13. The number of nitrogens with one attached hydrogen (secondary N) is 1. The van der Waals surface area contributed by atoms with E-state index in [2.05, 4.69) is 21.6 Å². The zero-order valence-electron chi connectivity index (χ0n) is 14.8. The van der Waals surface area contributed by atoms with Gasteiger partial charge in [-0.2, -0.15) is 5.26 Å². The van der Waals surface area contributed by atoms with Crippen molar-refractivity contribution < 1.29 is 9.15 Å². The number of ether oxygens (including phenoxy) is 1. The van der Waals surface area contributed by atoms with Gasteiger partial charge in [-0.15, -0.1) is 10.2 Å². The molecule has 132 valence electrons. The molecule has 26 heavy (non-hydrogen) atoms. The van der Waals surface area contributed by atoms with Crippen molar-refractivity contribution in [2.75, 3.05) is 5.32 Å². The van der Waals surface area contributed by atoms with E-state index in [-0.39, 0.29) is 6.04 Å². The summed E-state index contributed by atoms with van der Waals surface area (Å²) in [5.74, 6) is 1.89. The molecule has 1 atom stereocenters. The van der Waals surface area contributed by atoms with Crippen molar-refractivity contribution in [1.29, 1.82) is 5.26 Å². The number of nitriles is 1. The van der Waals surface area contributed by atoms with Gasteiger partial charge in [-0.1, -0.05) is 24.3 Å². The van der Waals surface area contributed by atoms with E-state index in [9.17, 15) is 0 Å². The smallest absolute Gasteiger partial charge is 0.238 e. The predicted molar refractivity (Wildman–Crippen MR) is 97.6 cm³/mol. The predicted octanol–water partition coefficient (Wildman–Crippen LogP) is 4.20. The number of aryl methyl sites for hydroxylation is 1. The summed E-state index contributed by atoms with van der Waals surface area (Å²) in [6, 6.07) is 17.6. The fraction of sp³-hybridized carbons (Fsp3) is 0.250. The first kappa shape index (κ1) is 17.5. The molecule has 0 saturated carbocycles. The molecule has 0 unspecified atom stereocenters.